The van der Waals surface area contributed by atoms with Gasteiger partial charge >= 0.3 is 5.97 Å². The summed E-state index contributed by atoms with van der Waals surface area (Å²) in [6, 6.07) is 0. The molecule has 0 radical (unpaired) electrons. The molecule has 1 unspecified atom stereocenters. The molecular formula is C10H18O4. The Morgan fingerprint density at radius 2 is 2.21 bits per heavy atom. The lowest BCUT2D eigenvalue weighted by molar-refractivity contribution is -0.160. The van der Waals surface area contributed by atoms with E-state index in [1.54, 1.807) is 13.8 Å². The molecule has 0 amide bonds. The minimum Gasteiger partial charge on any atom is -0.463 e. The predicted octanol–water partition coefficient (Wildman–Crippen LogP) is 1.34. The third-order valence-electron chi connectivity index (χ3n) is 1.95. The van der Waals surface area contributed by atoms with Crippen LogP contribution >= 0.6 is 0 Å². The molecule has 1 fully saturated rings. The summed E-state index contributed by atoms with van der Waals surface area (Å²) in [5, 5.41) is 0. The van der Waals surface area contributed by atoms with Crippen molar-refractivity contribution in [1.29, 1.82) is 0 Å². The van der Waals surface area contributed by atoms with Crippen LogP contribution in [0.5, 0.6) is 0 Å². The minimum atomic E-state index is -0.547. The van der Waals surface area contributed by atoms with Crippen LogP contribution in [0.25, 0.3) is 0 Å². The molecule has 0 bridgehead atoms. The first-order valence-electron chi connectivity index (χ1n) is 4.89. The number of carbonyl (C=O) groups is 1. The molecule has 4 heteroatoms. The molecule has 1 aliphatic heterocycles. The van der Waals surface area contributed by atoms with E-state index in [1.807, 2.05) is 13.8 Å². The SMILES string of the molecule is CC(C)C(=O)OCC1COC(C)(C)O1. The average Bonchev–Trinajstić information content (AvgIpc) is 2.41. The van der Waals surface area contributed by atoms with Crippen LogP contribution in [0.15, 0.2) is 0 Å². The Morgan fingerprint density at radius 3 is 2.64 bits per heavy atom. The van der Waals surface area contributed by atoms with Gasteiger partial charge in [-0.25, -0.2) is 0 Å². The van der Waals surface area contributed by atoms with Crippen LogP contribution in [0, 0.1) is 5.92 Å². The van der Waals surface area contributed by atoms with E-state index in [0.29, 0.717) is 6.61 Å². The lowest BCUT2D eigenvalue weighted by Crippen LogP contribution is -2.26. The Bertz CT molecular complexity index is 210. The smallest absolute Gasteiger partial charge is 0.308 e. The zero-order valence-electron chi connectivity index (χ0n) is 9.20. The quantitative estimate of drug-likeness (QED) is 0.648. The highest BCUT2D eigenvalue weighted by Crippen LogP contribution is 2.22. The molecular weight excluding hydrogens is 184 g/mol. The zero-order valence-corrected chi connectivity index (χ0v) is 9.20. The molecule has 14 heavy (non-hydrogen) atoms. The van der Waals surface area contributed by atoms with Gasteiger partial charge in [0, 0.05) is 0 Å². The maximum Gasteiger partial charge on any atom is 0.308 e. The van der Waals surface area contributed by atoms with Crippen LogP contribution in [0.1, 0.15) is 27.7 Å². The molecule has 0 aromatic rings. The Kier molecular flexibility index (Phi) is 3.50. The molecule has 0 saturated carbocycles. The first-order valence-corrected chi connectivity index (χ1v) is 4.89. The van der Waals surface area contributed by atoms with Gasteiger partial charge in [-0.1, -0.05) is 13.8 Å². The summed E-state index contributed by atoms with van der Waals surface area (Å²) < 4.78 is 15.8. The Balaban J connectivity index is 2.24. The van der Waals surface area contributed by atoms with Crippen molar-refractivity contribution >= 4 is 5.97 Å². The second kappa shape index (κ2) is 4.28. The van der Waals surface area contributed by atoms with Gasteiger partial charge in [0.15, 0.2) is 5.79 Å². The molecule has 4 nitrogen and oxygen atoms in total. The summed E-state index contributed by atoms with van der Waals surface area (Å²) in [5.41, 5.74) is 0. The number of ether oxygens (including phenoxy) is 3. The molecule has 0 N–H and O–H groups in total. The third kappa shape index (κ3) is 3.27. The van der Waals surface area contributed by atoms with Crippen LogP contribution in [-0.4, -0.2) is 31.1 Å². The molecule has 0 aliphatic carbocycles. The number of esters is 1. The van der Waals surface area contributed by atoms with E-state index in [4.69, 9.17) is 14.2 Å². The molecule has 1 atom stereocenters. The summed E-state index contributed by atoms with van der Waals surface area (Å²) in [5.74, 6) is -0.835. The highest BCUT2D eigenvalue weighted by Gasteiger charge is 2.33. The van der Waals surface area contributed by atoms with E-state index in [2.05, 4.69) is 0 Å². The van der Waals surface area contributed by atoms with Crippen LogP contribution in [0.2, 0.25) is 0 Å². The maximum absolute atomic E-state index is 11.1. The summed E-state index contributed by atoms with van der Waals surface area (Å²) in [6.45, 7) is 8.06. The van der Waals surface area contributed by atoms with Crippen LogP contribution in [0.3, 0.4) is 0 Å². The van der Waals surface area contributed by atoms with Gasteiger partial charge in [-0.05, 0) is 13.8 Å². The minimum absolute atomic E-state index is 0.0923. The van der Waals surface area contributed by atoms with Gasteiger partial charge in [-0.15, -0.1) is 0 Å². The number of rotatable bonds is 3. The van der Waals surface area contributed by atoms with Crippen LogP contribution in [-0.2, 0) is 19.0 Å². The maximum atomic E-state index is 11.1. The number of hydrogen-bond donors (Lipinski definition) is 0. The second-order valence-electron chi connectivity index (χ2n) is 4.24. The van der Waals surface area contributed by atoms with Crippen LogP contribution < -0.4 is 0 Å². The fourth-order valence-electron chi connectivity index (χ4n) is 1.19. The monoisotopic (exact) mass is 202 g/mol. The lowest BCUT2D eigenvalue weighted by Gasteiger charge is -2.17. The largest absolute Gasteiger partial charge is 0.463 e. The summed E-state index contributed by atoms with van der Waals surface area (Å²) in [7, 11) is 0. The zero-order chi connectivity index (χ0) is 10.8. The summed E-state index contributed by atoms with van der Waals surface area (Å²) in [4.78, 5) is 11.1. The Labute approximate surface area is 84.5 Å². The summed E-state index contributed by atoms with van der Waals surface area (Å²) in [6.07, 6.45) is -0.132. The Hall–Kier alpha value is -0.610. The molecule has 0 aromatic carbocycles. The average molecular weight is 202 g/mol. The van der Waals surface area contributed by atoms with Crippen molar-refractivity contribution in [1.82, 2.24) is 0 Å². The summed E-state index contributed by atoms with van der Waals surface area (Å²) >= 11 is 0. The van der Waals surface area contributed by atoms with Crippen molar-refractivity contribution in [2.24, 2.45) is 5.92 Å². The first-order chi connectivity index (χ1) is 6.41. The van der Waals surface area contributed by atoms with Crippen LogP contribution in [0.4, 0.5) is 0 Å². The van der Waals surface area contributed by atoms with Gasteiger partial charge in [0.1, 0.15) is 12.7 Å². The van der Waals surface area contributed by atoms with E-state index in [-0.39, 0.29) is 24.6 Å². The van der Waals surface area contributed by atoms with Crippen molar-refractivity contribution in [3.05, 3.63) is 0 Å². The molecule has 1 saturated heterocycles. The fourth-order valence-corrected chi connectivity index (χ4v) is 1.19. The molecule has 1 aliphatic rings. The van der Waals surface area contributed by atoms with Gasteiger partial charge in [0.05, 0.1) is 12.5 Å². The number of carbonyl (C=O) groups excluding carboxylic acids is 1. The van der Waals surface area contributed by atoms with Crippen molar-refractivity contribution < 1.29 is 19.0 Å². The van der Waals surface area contributed by atoms with Gasteiger partial charge in [-0.2, -0.15) is 0 Å². The molecule has 0 spiro atoms. The van der Waals surface area contributed by atoms with Gasteiger partial charge in [-0.3, -0.25) is 4.79 Å². The fraction of sp³-hybridized carbons (Fsp3) is 0.900. The molecule has 82 valence electrons. The van der Waals surface area contributed by atoms with E-state index in [1.165, 1.54) is 0 Å². The van der Waals surface area contributed by atoms with E-state index >= 15 is 0 Å². The first kappa shape index (κ1) is 11.5. The van der Waals surface area contributed by atoms with Gasteiger partial charge < -0.3 is 14.2 Å². The standard InChI is InChI=1S/C10H18O4/c1-7(2)9(11)12-5-8-6-13-10(3,4)14-8/h7-8H,5-6H2,1-4H3. The van der Waals surface area contributed by atoms with Crippen molar-refractivity contribution in [2.75, 3.05) is 13.2 Å². The molecule has 0 aromatic heterocycles. The Morgan fingerprint density at radius 1 is 1.57 bits per heavy atom. The van der Waals surface area contributed by atoms with E-state index in [0.717, 1.165) is 0 Å². The van der Waals surface area contributed by atoms with Crippen molar-refractivity contribution in [2.45, 2.75) is 39.6 Å². The van der Waals surface area contributed by atoms with Crippen molar-refractivity contribution in [3.63, 3.8) is 0 Å². The molecule has 1 heterocycles. The van der Waals surface area contributed by atoms with Gasteiger partial charge in [0.2, 0.25) is 0 Å². The van der Waals surface area contributed by atoms with E-state index < -0.39 is 5.79 Å². The highest BCUT2D eigenvalue weighted by atomic mass is 16.7. The van der Waals surface area contributed by atoms with Gasteiger partial charge in [0.25, 0.3) is 0 Å². The topological polar surface area (TPSA) is 44.8 Å². The normalized spacial score (nSPS) is 25.4. The molecule has 1 rings (SSSR count). The highest BCUT2D eigenvalue weighted by molar-refractivity contribution is 5.71. The predicted molar refractivity (Wildman–Crippen MR) is 50.7 cm³/mol. The lowest BCUT2D eigenvalue weighted by atomic mass is 10.2. The van der Waals surface area contributed by atoms with Crippen molar-refractivity contribution in [3.8, 4) is 0 Å². The third-order valence-corrected chi connectivity index (χ3v) is 1.95. The number of hydrogen-bond acceptors (Lipinski definition) is 4. The second-order valence-corrected chi connectivity index (χ2v) is 4.24. The van der Waals surface area contributed by atoms with E-state index in [9.17, 15) is 4.79 Å².